The van der Waals surface area contributed by atoms with E-state index in [4.69, 9.17) is 27.9 Å². The Labute approximate surface area is 220 Å². The number of nitrogens with one attached hydrogen (secondary N) is 1. The summed E-state index contributed by atoms with van der Waals surface area (Å²) < 4.78 is 46.9. The van der Waals surface area contributed by atoms with E-state index < -0.39 is 21.8 Å². The molecule has 0 saturated carbocycles. The van der Waals surface area contributed by atoms with Crippen LogP contribution in [-0.4, -0.2) is 44.7 Å². The topological polar surface area (TPSA) is 75.7 Å². The second-order valence-corrected chi connectivity index (χ2v) is 11.3. The summed E-state index contributed by atoms with van der Waals surface area (Å²) in [7, 11) is -3.79. The summed E-state index contributed by atoms with van der Waals surface area (Å²) in [4.78, 5) is 14.1. The highest BCUT2D eigenvalue weighted by Crippen LogP contribution is 2.36. The van der Waals surface area contributed by atoms with Gasteiger partial charge < -0.3 is 4.74 Å². The van der Waals surface area contributed by atoms with Crippen LogP contribution in [0.3, 0.4) is 0 Å². The molecule has 0 aliphatic carbocycles. The molecule has 1 N–H and O–H groups in total. The molecular weight excluding hydrogens is 526 g/mol. The van der Waals surface area contributed by atoms with Gasteiger partial charge in [0, 0.05) is 29.1 Å². The Morgan fingerprint density at radius 2 is 1.58 bits per heavy atom. The van der Waals surface area contributed by atoms with Crippen molar-refractivity contribution in [1.82, 2.24) is 4.90 Å². The van der Waals surface area contributed by atoms with Crippen molar-refractivity contribution >= 4 is 44.9 Å². The maximum Gasteiger partial charge on any atom is 0.338 e. The van der Waals surface area contributed by atoms with Gasteiger partial charge in [-0.15, -0.1) is 0 Å². The van der Waals surface area contributed by atoms with Crippen molar-refractivity contribution in [3.8, 4) is 0 Å². The first kappa shape index (κ1) is 26.4. The van der Waals surface area contributed by atoms with Crippen LogP contribution in [0, 0.1) is 11.7 Å². The van der Waals surface area contributed by atoms with Crippen molar-refractivity contribution in [3.63, 3.8) is 0 Å². The Bertz CT molecular complexity index is 1280. The summed E-state index contributed by atoms with van der Waals surface area (Å²) >= 11 is 12.1. The van der Waals surface area contributed by atoms with Gasteiger partial charge in [-0.3, -0.25) is 9.62 Å². The van der Waals surface area contributed by atoms with Gasteiger partial charge >= 0.3 is 5.97 Å². The molecule has 1 heterocycles. The third kappa shape index (κ3) is 6.56. The SMILES string of the molecule is CCOC(=O)c1cc(F)cc(NS(=O)(=O)CC2CN(C(c3ccc(Cl)cc3)c3ccc(Cl)cc3)C2)c1. The van der Waals surface area contributed by atoms with Crippen LogP contribution in [0.1, 0.15) is 34.5 Å². The molecule has 0 aromatic heterocycles. The summed E-state index contributed by atoms with van der Waals surface area (Å²) in [6.45, 7) is 2.86. The molecular formula is C26H25Cl2FN2O4S. The molecule has 190 valence electrons. The monoisotopic (exact) mass is 550 g/mol. The van der Waals surface area contributed by atoms with Crippen LogP contribution in [0.15, 0.2) is 66.7 Å². The van der Waals surface area contributed by atoms with E-state index in [1.165, 1.54) is 6.07 Å². The van der Waals surface area contributed by atoms with Crippen LogP contribution in [-0.2, 0) is 14.8 Å². The second kappa shape index (κ2) is 11.2. The number of hydrogen-bond acceptors (Lipinski definition) is 5. The van der Waals surface area contributed by atoms with E-state index in [9.17, 15) is 17.6 Å². The van der Waals surface area contributed by atoms with E-state index >= 15 is 0 Å². The molecule has 6 nitrogen and oxygen atoms in total. The van der Waals surface area contributed by atoms with Crippen molar-refractivity contribution < 1.29 is 22.3 Å². The molecule has 10 heteroatoms. The van der Waals surface area contributed by atoms with Gasteiger partial charge in [0.2, 0.25) is 10.0 Å². The van der Waals surface area contributed by atoms with Crippen LogP contribution in [0.4, 0.5) is 10.1 Å². The molecule has 3 aromatic rings. The number of sulfonamides is 1. The molecule has 1 saturated heterocycles. The minimum Gasteiger partial charge on any atom is -0.462 e. The number of ether oxygens (including phenoxy) is 1. The van der Waals surface area contributed by atoms with E-state index in [1.807, 2.05) is 48.5 Å². The zero-order valence-corrected chi connectivity index (χ0v) is 21.8. The molecule has 3 aromatic carbocycles. The highest BCUT2D eigenvalue weighted by atomic mass is 35.5. The fraction of sp³-hybridized carbons (Fsp3) is 0.269. The van der Waals surface area contributed by atoms with Crippen molar-refractivity contribution in [2.75, 3.05) is 30.2 Å². The lowest BCUT2D eigenvalue weighted by Gasteiger charge is -2.44. The Morgan fingerprint density at radius 3 is 2.11 bits per heavy atom. The predicted octanol–water partition coefficient (Wildman–Crippen LogP) is 5.77. The molecule has 0 amide bonds. The standard InChI is InChI=1S/C26H25Cl2FN2O4S/c1-2-35-26(32)20-11-23(29)13-24(12-20)30-36(33,34)16-17-14-31(15-17)25(18-3-7-21(27)8-4-18)19-5-9-22(28)10-6-19/h3-13,17,25,30H,2,14-16H2,1H3. The number of carbonyl (C=O) groups excluding carboxylic acids is 1. The Morgan fingerprint density at radius 1 is 1.03 bits per heavy atom. The van der Waals surface area contributed by atoms with E-state index in [-0.39, 0.29) is 35.6 Å². The number of esters is 1. The maximum atomic E-state index is 14.0. The number of hydrogen-bond donors (Lipinski definition) is 1. The van der Waals surface area contributed by atoms with Crippen LogP contribution in [0.2, 0.25) is 10.0 Å². The smallest absolute Gasteiger partial charge is 0.338 e. The number of rotatable bonds is 9. The van der Waals surface area contributed by atoms with E-state index in [2.05, 4.69) is 9.62 Å². The quantitative estimate of drug-likeness (QED) is 0.342. The Balaban J connectivity index is 1.44. The summed E-state index contributed by atoms with van der Waals surface area (Å²) in [5, 5.41) is 1.27. The lowest BCUT2D eigenvalue weighted by Crippen LogP contribution is -2.51. The number of halogens is 3. The second-order valence-electron chi connectivity index (χ2n) is 8.66. The van der Waals surface area contributed by atoms with Crippen molar-refractivity contribution in [2.24, 2.45) is 5.92 Å². The minimum absolute atomic E-state index is 0.0190. The van der Waals surface area contributed by atoms with Crippen molar-refractivity contribution in [1.29, 1.82) is 0 Å². The van der Waals surface area contributed by atoms with Gasteiger partial charge in [0.15, 0.2) is 0 Å². The molecule has 0 radical (unpaired) electrons. The number of likely N-dealkylation sites (tertiary alicyclic amines) is 1. The first-order chi connectivity index (χ1) is 17.1. The third-order valence-corrected chi connectivity index (χ3v) is 7.82. The van der Waals surface area contributed by atoms with Gasteiger partial charge in [0.05, 0.1) is 29.7 Å². The summed E-state index contributed by atoms with van der Waals surface area (Å²) in [6.07, 6.45) is 0. The third-order valence-electron chi connectivity index (χ3n) is 5.86. The zero-order chi connectivity index (χ0) is 25.9. The van der Waals surface area contributed by atoms with Gasteiger partial charge in [-0.25, -0.2) is 17.6 Å². The average Bonchev–Trinajstić information content (AvgIpc) is 2.79. The lowest BCUT2D eigenvalue weighted by molar-refractivity contribution is 0.0526. The van der Waals surface area contributed by atoms with E-state index in [0.29, 0.717) is 23.1 Å². The van der Waals surface area contributed by atoms with Crippen LogP contribution in [0.5, 0.6) is 0 Å². The Hall–Kier alpha value is -2.65. The highest BCUT2D eigenvalue weighted by molar-refractivity contribution is 7.92. The molecule has 1 aliphatic rings. The van der Waals surface area contributed by atoms with Crippen LogP contribution >= 0.6 is 23.2 Å². The molecule has 1 fully saturated rings. The molecule has 0 unspecified atom stereocenters. The maximum absolute atomic E-state index is 14.0. The summed E-state index contributed by atoms with van der Waals surface area (Å²) in [5.41, 5.74) is 1.99. The van der Waals surface area contributed by atoms with Crippen LogP contribution in [0.25, 0.3) is 0 Å². The first-order valence-corrected chi connectivity index (χ1v) is 13.8. The molecule has 0 spiro atoms. The molecule has 1 aliphatic heterocycles. The van der Waals surface area contributed by atoms with Gasteiger partial charge in [-0.1, -0.05) is 47.5 Å². The number of anilines is 1. The van der Waals surface area contributed by atoms with Crippen LogP contribution < -0.4 is 4.72 Å². The number of benzene rings is 3. The fourth-order valence-electron chi connectivity index (χ4n) is 4.34. The minimum atomic E-state index is -3.79. The van der Waals surface area contributed by atoms with E-state index in [1.54, 1.807) is 6.92 Å². The number of nitrogens with zero attached hydrogens (tertiary/aromatic N) is 1. The predicted molar refractivity (Wildman–Crippen MR) is 140 cm³/mol. The lowest BCUT2D eigenvalue weighted by atomic mass is 9.91. The molecule has 36 heavy (non-hydrogen) atoms. The molecule has 4 rings (SSSR count). The van der Waals surface area contributed by atoms with Gasteiger partial charge in [-0.2, -0.15) is 0 Å². The highest BCUT2D eigenvalue weighted by Gasteiger charge is 2.36. The Kier molecular flexibility index (Phi) is 8.20. The fourth-order valence-corrected chi connectivity index (χ4v) is 5.99. The average molecular weight is 551 g/mol. The van der Waals surface area contributed by atoms with Gasteiger partial charge in [0.25, 0.3) is 0 Å². The number of carbonyl (C=O) groups is 1. The van der Waals surface area contributed by atoms with Crippen molar-refractivity contribution in [3.05, 3.63) is 99.3 Å². The molecule has 0 atom stereocenters. The zero-order valence-electron chi connectivity index (χ0n) is 19.5. The van der Waals surface area contributed by atoms with Crippen molar-refractivity contribution in [2.45, 2.75) is 13.0 Å². The normalized spacial score (nSPS) is 14.5. The van der Waals surface area contributed by atoms with Gasteiger partial charge in [0.1, 0.15) is 5.82 Å². The first-order valence-electron chi connectivity index (χ1n) is 11.4. The molecule has 0 bridgehead atoms. The largest absolute Gasteiger partial charge is 0.462 e. The summed E-state index contributed by atoms with van der Waals surface area (Å²) in [6, 6.07) is 18.4. The summed E-state index contributed by atoms with van der Waals surface area (Å²) in [5.74, 6) is -1.71. The van der Waals surface area contributed by atoms with E-state index in [0.717, 1.165) is 23.3 Å². The van der Waals surface area contributed by atoms with Gasteiger partial charge in [-0.05, 0) is 60.5 Å².